The fourth-order valence-electron chi connectivity index (χ4n) is 1.76. The number of rotatable bonds is 3. The van der Waals surface area contributed by atoms with E-state index < -0.39 is 0 Å². The summed E-state index contributed by atoms with van der Waals surface area (Å²) in [4.78, 5) is 15.9. The molecule has 1 heterocycles. The molecule has 88 valence electrons. The van der Waals surface area contributed by atoms with E-state index >= 15 is 0 Å². The van der Waals surface area contributed by atoms with Gasteiger partial charge in [0.05, 0.1) is 5.69 Å². The Morgan fingerprint density at radius 3 is 2.65 bits per heavy atom. The second kappa shape index (κ2) is 4.74. The third-order valence-electron chi connectivity index (χ3n) is 2.65. The monoisotopic (exact) mass is 229 g/mol. The van der Waals surface area contributed by atoms with Crippen molar-refractivity contribution < 1.29 is 0 Å². The zero-order valence-corrected chi connectivity index (χ0v) is 9.68. The van der Waals surface area contributed by atoms with Crippen LogP contribution in [0.4, 0.5) is 11.4 Å². The molecule has 4 nitrogen and oxygen atoms in total. The number of nitrogen functional groups attached to an aromatic ring is 1. The summed E-state index contributed by atoms with van der Waals surface area (Å²) >= 11 is 0. The third-order valence-corrected chi connectivity index (χ3v) is 2.65. The summed E-state index contributed by atoms with van der Waals surface area (Å²) in [6, 6.07) is 11.8. The number of nitrogens with zero attached hydrogens (tertiary/aromatic N) is 1. The summed E-state index contributed by atoms with van der Waals surface area (Å²) in [6.07, 6.45) is 1.61. The lowest BCUT2D eigenvalue weighted by molar-refractivity contribution is 0.921. The highest BCUT2D eigenvalue weighted by Gasteiger charge is 2.07. The predicted octanol–water partition coefficient (Wildman–Crippen LogP) is 1.59. The Balaban J connectivity index is 2.23. The van der Waals surface area contributed by atoms with Crippen LogP contribution in [0.15, 0.2) is 47.4 Å². The van der Waals surface area contributed by atoms with Crippen LogP contribution in [0.1, 0.15) is 5.56 Å². The minimum absolute atomic E-state index is 0.248. The SMILES string of the molecule is CN(Cc1ccccc1)c1cc[nH]c(=O)c1N. The number of benzene rings is 1. The van der Waals surface area contributed by atoms with Crippen LogP contribution in [0, 0.1) is 0 Å². The molecule has 0 aliphatic carbocycles. The first-order valence-corrected chi connectivity index (χ1v) is 5.40. The Morgan fingerprint density at radius 2 is 1.94 bits per heavy atom. The van der Waals surface area contributed by atoms with Crippen molar-refractivity contribution in [2.75, 3.05) is 17.7 Å². The Hall–Kier alpha value is -2.23. The number of hydrogen-bond acceptors (Lipinski definition) is 3. The molecule has 1 aromatic carbocycles. The first-order chi connectivity index (χ1) is 8.18. The Kier molecular flexibility index (Phi) is 3.14. The number of nitrogens with two attached hydrogens (primary N) is 1. The van der Waals surface area contributed by atoms with Crippen molar-refractivity contribution in [3.8, 4) is 0 Å². The second-order valence-corrected chi connectivity index (χ2v) is 3.95. The molecule has 0 bridgehead atoms. The Bertz CT molecular complexity index is 548. The zero-order valence-electron chi connectivity index (χ0n) is 9.68. The molecule has 17 heavy (non-hydrogen) atoms. The van der Waals surface area contributed by atoms with Crippen molar-refractivity contribution >= 4 is 11.4 Å². The first kappa shape index (κ1) is 11.3. The number of aromatic amines is 1. The lowest BCUT2D eigenvalue weighted by Crippen LogP contribution is -2.22. The first-order valence-electron chi connectivity index (χ1n) is 5.40. The van der Waals surface area contributed by atoms with Crippen LogP contribution in [0.5, 0.6) is 0 Å². The van der Waals surface area contributed by atoms with Crippen molar-refractivity contribution in [2.45, 2.75) is 6.54 Å². The molecule has 0 fully saturated rings. The molecule has 2 aromatic rings. The zero-order chi connectivity index (χ0) is 12.3. The molecular formula is C13H15N3O. The molecule has 1 aromatic heterocycles. The van der Waals surface area contributed by atoms with Gasteiger partial charge in [-0.15, -0.1) is 0 Å². The average molecular weight is 229 g/mol. The standard InChI is InChI=1S/C13H15N3O/c1-16(9-10-5-3-2-4-6-10)11-7-8-15-13(17)12(11)14/h2-8H,9,14H2,1H3,(H,15,17). The van der Waals surface area contributed by atoms with Crippen molar-refractivity contribution in [1.82, 2.24) is 4.98 Å². The van der Waals surface area contributed by atoms with E-state index in [0.717, 1.165) is 5.69 Å². The Morgan fingerprint density at radius 1 is 1.24 bits per heavy atom. The van der Waals surface area contributed by atoms with Gasteiger partial charge in [0, 0.05) is 19.8 Å². The van der Waals surface area contributed by atoms with Gasteiger partial charge in [0.25, 0.3) is 5.56 Å². The summed E-state index contributed by atoms with van der Waals surface area (Å²) in [5, 5.41) is 0. The maximum atomic E-state index is 11.4. The van der Waals surface area contributed by atoms with E-state index in [9.17, 15) is 4.79 Å². The van der Waals surface area contributed by atoms with E-state index in [1.54, 1.807) is 12.3 Å². The molecule has 3 N–H and O–H groups in total. The van der Waals surface area contributed by atoms with Gasteiger partial charge in [-0.25, -0.2) is 0 Å². The molecule has 0 unspecified atom stereocenters. The number of nitrogens with one attached hydrogen (secondary N) is 1. The largest absolute Gasteiger partial charge is 0.393 e. The highest BCUT2D eigenvalue weighted by Crippen LogP contribution is 2.18. The molecule has 2 rings (SSSR count). The van der Waals surface area contributed by atoms with Crippen LogP contribution in [-0.4, -0.2) is 12.0 Å². The average Bonchev–Trinajstić information content (AvgIpc) is 2.34. The highest BCUT2D eigenvalue weighted by atomic mass is 16.1. The van der Waals surface area contributed by atoms with Crippen LogP contribution >= 0.6 is 0 Å². The van der Waals surface area contributed by atoms with Crippen LogP contribution < -0.4 is 16.2 Å². The maximum Gasteiger partial charge on any atom is 0.273 e. The van der Waals surface area contributed by atoms with E-state index in [2.05, 4.69) is 4.98 Å². The number of pyridine rings is 1. The fourth-order valence-corrected chi connectivity index (χ4v) is 1.76. The van der Waals surface area contributed by atoms with Crippen molar-refractivity contribution in [2.24, 2.45) is 0 Å². The number of H-pyrrole nitrogens is 1. The molecule has 0 aliphatic rings. The van der Waals surface area contributed by atoms with E-state index in [0.29, 0.717) is 6.54 Å². The summed E-state index contributed by atoms with van der Waals surface area (Å²) in [5.41, 5.74) is 7.68. The summed E-state index contributed by atoms with van der Waals surface area (Å²) in [7, 11) is 1.91. The van der Waals surface area contributed by atoms with Gasteiger partial charge in [-0.2, -0.15) is 0 Å². The quantitative estimate of drug-likeness (QED) is 0.840. The molecule has 0 atom stereocenters. The van der Waals surface area contributed by atoms with Gasteiger partial charge in [-0.05, 0) is 11.6 Å². The fraction of sp³-hybridized carbons (Fsp3) is 0.154. The topological polar surface area (TPSA) is 62.1 Å². The van der Waals surface area contributed by atoms with Crippen LogP contribution in [-0.2, 0) is 6.54 Å². The van der Waals surface area contributed by atoms with Crippen molar-refractivity contribution in [3.05, 3.63) is 58.5 Å². The second-order valence-electron chi connectivity index (χ2n) is 3.95. The van der Waals surface area contributed by atoms with Crippen molar-refractivity contribution in [3.63, 3.8) is 0 Å². The molecule has 0 radical (unpaired) electrons. The minimum atomic E-state index is -0.248. The highest BCUT2D eigenvalue weighted by molar-refractivity contribution is 5.65. The van der Waals surface area contributed by atoms with Gasteiger partial charge in [0.1, 0.15) is 5.69 Å². The van der Waals surface area contributed by atoms with Crippen molar-refractivity contribution in [1.29, 1.82) is 0 Å². The molecule has 0 saturated heterocycles. The van der Waals surface area contributed by atoms with Gasteiger partial charge in [0.2, 0.25) is 0 Å². The number of hydrogen-bond donors (Lipinski definition) is 2. The lowest BCUT2D eigenvalue weighted by Gasteiger charge is -2.20. The van der Waals surface area contributed by atoms with E-state index in [-0.39, 0.29) is 11.2 Å². The molecular weight excluding hydrogens is 214 g/mol. The van der Waals surface area contributed by atoms with Gasteiger partial charge >= 0.3 is 0 Å². The van der Waals surface area contributed by atoms with E-state index in [4.69, 9.17) is 5.73 Å². The lowest BCUT2D eigenvalue weighted by atomic mass is 10.2. The predicted molar refractivity (Wildman–Crippen MR) is 70.0 cm³/mol. The normalized spacial score (nSPS) is 10.2. The van der Waals surface area contributed by atoms with Crippen LogP contribution in [0.25, 0.3) is 0 Å². The smallest absolute Gasteiger partial charge is 0.273 e. The van der Waals surface area contributed by atoms with Gasteiger partial charge in [-0.1, -0.05) is 30.3 Å². The van der Waals surface area contributed by atoms with Gasteiger partial charge < -0.3 is 15.6 Å². The molecule has 4 heteroatoms. The van der Waals surface area contributed by atoms with Crippen LogP contribution in [0.2, 0.25) is 0 Å². The Labute approximate surface area is 99.7 Å². The molecule has 0 saturated carbocycles. The summed E-state index contributed by atoms with van der Waals surface area (Å²) in [5.74, 6) is 0. The molecule has 0 spiro atoms. The van der Waals surface area contributed by atoms with Gasteiger partial charge in [-0.3, -0.25) is 4.79 Å². The van der Waals surface area contributed by atoms with Gasteiger partial charge in [0.15, 0.2) is 0 Å². The molecule has 0 aliphatic heterocycles. The van der Waals surface area contributed by atoms with Crippen LogP contribution in [0.3, 0.4) is 0 Å². The number of anilines is 2. The van der Waals surface area contributed by atoms with E-state index in [1.165, 1.54) is 5.56 Å². The molecule has 0 amide bonds. The third kappa shape index (κ3) is 2.47. The summed E-state index contributed by atoms with van der Waals surface area (Å²) in [6.45, 7) is 0.717. The minimum Gasteiger partial charge on any atom is -0.393 e. The summed E-state index contributed by atoms with van der Waals surface area (Å²) < 4.78 is 0. The maximum absolute atomic E-state index is 11.4. The van der Waals surface area contributed by atoms with E-state index in [1.807, 2.05) is 42.3 Å². The number of aromatic nitrogens is 1.